The molecular formula is C27H28N6O4. The summed E-state index contributed by atoms with van der Waals surface area (Å²) < 4.78 is 5.42. The smallest absolute Gasteiger partial charge is 0.271 e. The maximum atomic E-state index is 13.7. The lowest BCUT2D eigenvalue weighted by molar-refractivity contribution is -0.126. The van der Waals surface area contributed by atoms with Crippen molar-refractivity contribution in [3.8, 4) is 11.8 Å². The highest BCUT2D eigenvalue weighted by atomic mass is 16.5. The third-order valence-corrected chi connectivity index (χ3v) is 7.25. The van der Waals surface area contributed by atoms with Gasteiger partial charge in [0.1, 0.15) is 23.5 Å². The van der Waals surface area contributed by atoms with Crippen molar-refractivity contribution in [2.24, 2.45) is 5.92 Å². The van der Waals surface area contributed by atoms with E-state index in [0.717, 1.165) is 16.5 Å². The van der Waals surface area contributed by atoms with Gasteiger partial charge >= 0.3 is 0 Å². The third-order valence-electron chi connectivity index (χ3n) is 7.25. The van der Waals surface area contributed by atoms with Gasteiger partial charge in [-0.1, -0.05) is 12.1 Å². The van der Waals surface area contributed by atoms with Crippen LogP contribution >= 0.6 is 0 Å². The Morgan fingerprint density at radius 1 is 1.32 bits per heavy atom. The van der Waals surface area contributed by atoms with Gasteiger partial charge in [-0.15, -0.1) is 0 Å². The Morgan fingerprint density at radius 3 is 2.89 bits per heavy atom. The first-order valence-electron chi connectivity index (χ1n) is 12.3. The van der Waals surface area contributed by atoms with Crippen molar-refractivity contribution in [2.75, 3.05) is 20.2 Å². The second-order valence-electron chi connectivity index (χ2n) is 9.50. The highest BCUT2D eigenvalue weighted by Crippen LogP contribution is 2.34. The summed E-state index contributed by atoms with van der Waals surface area (Å²) in [6, 6.07) is 11.5. The average molecular weight is 501 g/mol. The zero-order valence-corrected chi connectivity index (χ0v) is 20.4. The summed E-state index contributed by atoms with van der Waals surface area (Å²) in [6.45, 7) is 0.903. The number of pyridine rings is 1. The molecule has 3 amide bonds. The molecule has 3 aromatic rings. The number of ether oxygens (including phenoxy) is 1. The number of carbonyl (C=O) groups excluding carboxylic acids is 3. The molecule has 0 saturated carbocycles. The van der Waals surface area contributed by atoms with Gasteiger partial charge in [0.25, 0.3) is 5.91 Å². The van der Waals surface area contributed by atoms with E-state index in [2.05, 4.69) is 26.7 Å². The highest BCUT2D eigenvalue weighted by molar-refractivity contribution is 6.02. The number of amides is 3. The second-order valence-corrected chi connectivity index (χ2v) is 9.50. The number of fused-ring (bicyclic) bond motifs is 1. The molecule has 10 heteroatoms. The van der Waals surface area contributed by atoms with Crippen LogP contribution in [0.15, 0.2) is 48.8 Å². The van der Waals surface area contributed by atoms with Crippen LogP contribution in [-0.4, -0.2) is 64.9 Å². The minimum atomic E-state index is -0.826. The number of nitriles is 1. The van der Waals surface area contributed by atoms with Gasteiger partial charge in [0.05, 0.1) is 13.2 Å². The van der Waals surface area contributed by atoms with E-state index in [1.54, 1.807) is 30.5 Å². The number of carbonyl (C=O) groups is 3. The number of benzene rings is 1. The lowest BCUT2D eigenvalue weighted by Gasteiger charge is -2.25. The molecule has 0 unspecified atom stereocenters. The van der Waals surface area contributed by atoms with Crippen molar-refractivity contribution in [3.05, 3.63) is 60.0 Å². The summed E-state index contributed by atoms with van der Waals surface area (Å²) in [4.78, 5) is 48.1. The molecule has 5 rings (SSSR count). The molecular weight excluding hydrogens is 472 g/mol. The van der Waals surface area contributed by atoms with Crippen molar-refractivity contribution < 1.29 is 19.1 Å². The average Bonchev–Trinajstić information content (AvgIpc) is 3.66. The Morgan fingerprint density at radius 2 is 2.19 bits per heavy atom. The first kappa shape index (κ1) is 24.3. The molecule has 2 saturated heterocycles. The summed E-state index contributed by atoms with van der Waals surface area (Å²) in [5.41, 5.74) is 2.04. The van der Waals surface area contributed by atoms with Gasteiger partial charge < -0.3 is 25.3 Å². The minimum absolute atomic E-state index is 0.0894. The summed E-state index contributed by atoms with van der Waals surface area (Å²) >= 11 is 0. The van der Waals surface area contributed by atoms with Gasteiger partial charge in [-0.3, -0.25) is 19.4 Å². The van der Waals surface area contributed by atoms with Gasteiger partial charge in [-0.05, 0) is 49.1 Å². The number of H-pyrrole nitrogens is 1. The van der Waals surface area contributed by atoms with Gasteiger partial charge in [0, 0.05) is 48.2 Å². The van der Waals surface area contributed by atoms with Crippen LogP contribution in [-0.2, 0) is 9.59 Å². The Kier molecular flexibility index (Phi) is 6.77. The van der Waals surface area contributed by atoms with Gasteiger partial charge in [0.15, 0.2) is 0 Å². The molecule has 2 aliphatic heterocycles. The van der Waals surface area contributed by atoms with Crippen molar-refractivity contribution in [2.45, 2.75) is 37.3 Å². The molecule has 0 aliphatic carbocycles. The summed E-state index contributed by atoms with van der Waals surface area (Å²) in [5, 5.41) is 16.0. The molecule has 2 fully saturated rings. The van der Waals surface area contributed by atoms with Crippen LogP contribution in [0.5, 0.6) is 5.75 Å². The van der Waals surface area contributed by atoms with E-state index >= 15 is 0 Å². The Hall–Kier alpha value is -4.39. The SMILES string of the molecule is COc1cccc2[nH]c(C(=O)N3C[C@@H](c4cccnc4)C[C@H]3C(=O)N[C@H](C#N)C[C@@H]3CCNC3=O)cc12. The van der Waals surface area contributed by atoms with Gasteiger partial charge in [0.2, 0.25) is 11.8 Å². The number of rotatable bonds is 7. The molecule has 0 radical (unpaired) electrons. The van der Waals surface area contributed by atoms with E-state index in [-0.39, 0.29) is 30.1 Å². The van der Waals surface area contributed by atoms with E-state index in [4.69, 9.17) is 4.74 Å². The van der Waals surface area contributed by atoms with Crippen LogP contribution in [0, 0.1) is 17.2 Å². The zero-order valence-electron chi connectivity index (χ0n) is 20.4. The van der Waals surface area contributed by atoms with Crippen molar-refractivity contribution in [1.82, 2.24) is 25.5 Å². The molecule has 2 aromatic heterocycles. The topological polar surface area (TPSA) is 140 Å². The molecule has 3 N–H and O–H groups in total. The van der Waals surface area contributed by atoms with E-state index in [1.165, 1.54) is 0 Å². The van der Waals surface area contributed by atoms with E-state index in [0.29, 0.717) is 37.4 Å². The van der Waals surface area contributed by atoms with Crippen molar-refractivity contribution in [1.29, 1.82) is 5.26 Å². The maximum absolute atomic E-state index is 13.7. The molecule has 190 valence electrons. The molecule has 10 nitrogen and oxygen atoms in total. The van der Waals surface area contributed by atoms with E-state index in [9.17, 15) is 19.6 Å². The number of hydrogen-bond acceptors (Lipinski definition) is 6. The van der Waals surface area contributed by atoms with E-state index < -0.39 is 18.0 Å². The zero-order chi connectivity index (χ0) is 25.9. The molecule has 0 spiro atoms. The minimum Gasteiger partial charge on any atom is -0.496 e. The van der Waals surface area contributed by atoms with Crippen LogP contribution in [0.2, 0.25) is 0 Å². The van der Waals surface area contributed by atoms with Crippen LogP contribution in [0.25, 0.3) is 10.9 Å². The largest absolute Gasteiger partial charge is 0.496 e. The Labute approximate surface area is 214 Å². The first-order chi connectivity index (χ1) is 18.0. The molecule has 4 heterocycles. The standard InChI is InChI=1S/C27H28N6O4/c1-37-24-6-2-5-21-20(24)12-22(32-21)27(36)33-15-18(17-4-3-8-29-14-17)11-23(33)26(35)31-19(13-28)10-16-7-9-30-25(16)34/h2-6,8,12,14,16,18-19,23,32H,7,9-11,15H2,1H3,(H,30,34)(H,31,35)/t16-,18-,19-,23-/m0/s1. The monoisotopic (exact) mass is 500 g/mol. The Balaban J connectivity index is 1.40. The van der Waals surface area contributed by atoms with Crippen LogP contribution in [0.4, 0.5) is 0 Å². The fourth-order valence-electron chi connectivity index (χ4n) is 5.31. The quantitative estimate of drug-likeness (QED) is 0.454. The fourth-order valence-corrected chi connectivity index (χ4v) is 5.31. The third kappa shape index (κ3) is 4.85. The first-order valence-corrected chi connectivity index (χ1v) is 12.3. The molecule has 4 atom stereocenters. The number of likely N-dealkylation sites (tertiary alicyclic amines) is 1. The van der Waals surface area contributed by atoms with Crippen LogP contribution in [0.3, 0.4) is 0 Å². The second kappa shape index (κ2) is 10.3. The van der Waals surface area contributed by atoms with Crippen LogP contribution in [0.1, 0.15) is 41.2 Å². The summed E-state index contributed by atoms with van der Waals surface area (Å²) in [6.07, 6.45) is 4.70. The number of aromatic amines is 1. The normalized spacial score (nSPS) is 21.9. The van der Waals surface area contributed by atoms with Crippen molar-refractivity contribution >= 4 is 28.6 Å². The lowest BCUT2D eigenvalue weighted by atomic mass is 9.96. The van der Waals surface area contributed by atoms with Crippen molar-refractivity contribution in [3.63, 3.8) is 0 Å². The number of nitrogens with one attached hydrogen (secondary N) is 3. The van der Waals surface area contributed by atoms with Gasteiger partial charge in [-0.25, -0.2) is 0 Å². The molecule has 0 bridgehead atoms. The molecule has 1 aromatic carbocycles. The van der Waals surface area contributed by atoms with E-state index in [1.807, 2.05) is 30.3 Å². The van der Waals surface area contributed by atoms with Gasteiger partial charge in [-0.2, -0.15) is 5.26 Å². The van der Waals surface area contributed by atoms with Crippen LogP contribution < -0.4 is 15.4 Å². The summed E-state index contributed by atoms with van der Waals surface area (Å²) in [5.74, 6) is -0.571. The molecule has 37 heavy (non-hydrogen) atoms. The highest BCUT2D eigenvalue weighted by Gasteiger charge is 2.42. The predicted molar refractivity (Wildman–Crippen MR) is 135 cm³/mol. The number of hydrogen-bond donors (Lipinski definition) is 3. The Bertz CT molecular complexity index is 1360. The number of methoxy groups -OCH3 is 1. The molecule has 2 aliphatic rings. The number of aromatic nitrogens is 2. The maximum Gasteiger partial charge on any atom is 0.271 e. The fraction of sp³-hybridized carbons (Fsp3) is 0.370. The number of nitrogens with zero attached hydrogens (tertiary/aromatic N) is 3. The summed E-state index contributed by atoms with van der Waals surface area (Å²) in [7, 11) is 1.57. The predicted octanol–water partition coefficient (Wildman–Crippen LogP) is 2.10. The lowest BCUT2D eigenvalue weighted by Crippen LogP contribution is -2.49.